The molecule has 2 amide bonds. The highest BCUT2D eigenvalue weighted by Crippen LogP contribution is 2.35. The quantitative estimate of drug-likeness (QED) is 0.348. The number of rotatable bonds is 8. The van der Waals surface area contributed by atoms with Crippen molar-refractivity contribution in [1.82, 2.24) is 9.97 Å². The predicted octanol–water partition coefficient (Wildman–Crippen LogP) is 4.54. The number of anilines is 1. The number of aromatic nitrogens is 2. The van der Waals surface area contributed by atoms with Gasteiger partial charge in [-0.3, -0.25) is 9.59 Å². The van der Waals surface area contributed by atoms with Gasteiger partial charge in [0, 0.05) is 0 Å². The average Bonchev–Trinajstić information content (AvgIpc) is 3.53. The number of nitrogens with two attached hydrogens (primary N) is 1. The summed E-state index contributed by atoms with van der Waals surface area (Å²) in [5.74, 6) is 0.339. The molecule has 158 valence electrons. The summed E-state index contributed by atoms with van der Waals surface area (Å²) in [6.07, 6.45) is 3.69. The Morgan fingerprint density at radius 2 is 1.81 bits per heavy atom. The topological polar surface area (TPSA) is 127 Å². The van der Waals surface area contributed by atoms with E-state index in [4.69, 9.17) is 14.6 Å². The average molecular weight is 436 g/mol. The molecular weight excluding hydrogens is 416 g/mol. The first-order valence-corrected chi connectivity index (χ1v) is 10.5. The number of nitrogens with zero attached hydrogens (tertiary/aromatic N) is 1. The third kappa shape index (κ3) is 4.41. The van der Waals surface area contributed by atoms with E-state index in [0.29, 0.717) is 40.2 Å². The molecule has 1 aromatic carbocycles. The molecule has 4 aromatic rings. The Bertz CT molecular complexity index is 1130. The Morgan fingerprint density at radius 3 is 2.45 bits per heavy atom. The second-order valence-corrected chi connectivity index (χ2v) is 7.83. The number of hydrogen-bond donors (Lipinski definition) is 3. The number of carbonyl (C=O) groups excluding carboxylic acids is 2. The Balaban J connectivity index is 1.58. The maximum Gasteiger partial charge on any atom is 0.250 e. The van der Waals surface area contributed by atoms with Crippen molar-refractivity contribution in [2.24, 2.45) is 5.73 Å². The van der Waals surface area contributed by atoms with Crippen LogP contribution in [0.15, 0.2) is 75.0 Å². The van der Waals surface area contributed by atoms with E-state index in [1.165, 1.54) is 11.8 Å². The number of para-hydroxylation sites is 1. The van der Waals surface area contributed by atoms with E-state index in [-0.39, 0.29) is 11.5 Å². The number of nitrogens with one attached hydrogen (secondary N) is 2. The van der Waals surface area contributed by atoms with Crippen LogP contribution in [0.4, 0.5) is 5.69 Å². The second-order valence-electron chi connectivity index (χ2n) is 6.63. The highest BCUT2D eigenvalue weighted by Gasteiger charge is 2.24. The normalized spacial score (nSPS) is 11.9. The van der Waals surface area contributed by atoms with E-state index >= 15 is 0 Å². The highest BCUT2D eigenvalue weighted by atomic mass is 32.2. The van der Waals surface area contributed by atoms with Crippen LogP contribution in [0.1, 0.15) is 23.7 Å². The zero-order valence-corrected chi connectivity index (χ0v) is 17.4. The van der Waals surface area contributed by atoms with Crippen LogP contribution in [0.2, 0.25) is 0 Å². The van der Waals surface area contributed by atoms with Gasteiger partial charge in [-0.05, 0) is 42.8 Å². The Labute approximate surface area is 182 Å². The fourth-order valence-corrected chi connectivity index (χ4v) is 3.98. The summed E-state index contributed by atoms with van der Waals surface area (Å²) in [7, 11) is 0. The number of imidazole rings is 1. The van der Waals surface area contributed by atoms with Crippen LogP contribution in [0, 0.1) is 0 Å². The van der Waals surface area contributed by atoms with Crippen molar-refractivity contribution in [2.45, 2.75) is 23.8 Å². The molecule has 1 unspecified atom stereocenters. The molecule has 0 aliphatic heterocycles. The number of furan rings is 2. The molecule has 4 rings (SSSR count). The van der Waals surface area contributed by atoms with Gasteiger partial charge >= 0.3 is 0 Å². The molecule has 0 fully saturated rings. The molecule has 3 aromatic heterocycles. The van der Waals surface area contributed by atoms with Crippen molar-refractivity contribution in [3.63, 3.8) is 0 Å². The van der Waals surface area contributed by atoms with Crippen LogP contribution >= 0.6 is 11.8 Å². The van der Waals surface area contributed by atoms with Crippen molar-refractivity contribution in [3.05, 3.63) is 66.6 Å². The van der Waals surface area contributed by atoms with Crippen molar-refractivity contribution in [1.29, 1.82) is 0 Å². The van der Waals surface area contributed by atoms with Crippen LogP contribution < -0.4 is 11.1 Å². The lowest BCUT2D eigenvalue weighted by atomic mass is 10.1. The first-order valence-electron chi connectivity index (χ1n) is 9.61. The smallest absolute Gasteiger partial charge is 0.250 e. The molecule has 0 saturated heterocycles. The van der Waals surface area contributed by atoms with Crippen LogP contribution in [0.5, 0.6) is 0 Å². The molecule has 0 aliphatic carbocycles. The van der Waals surface area contributed by atoms with Gasteiger partial charge in [0.2, 0.25) is 5.91 Å². The van der Waals surface area contributed by atoms with Gasteiger partial charge in [-0.15, -0.1) is 0 Å². The Kier molecular flexibility index (Phi) is 5.94. The first-order chi connectivity index (χ1) is 15.1. The van der Waals surface area contributed by atoms with E-state index < -0.39 is 11.2 Å². The van der Waals surface area contributed by atoms with Gasteiger partial charge in [0.1, 0.15) is 11.4 Å². The van der Waals surface area contributed by atoms with Gasteiger partial charge in [-0.2, -0.15) is 0 Å². The third-order valence-electron chi connectivity index (χ3n) is 4.57. The number of hydrogen-bond acceptors (Lipinski definition) is 6. The largest absolute Gasteiger partial charge is 0.463 e. The van der Waals surface area contributed by atoms with Crippen LogP contribution in [-0.2, 0) is 4.79 Å². The highest BCUT2D eigenvalue weighted by molar-refractivity contribution is 8.00. The second kappa shape index (κ2) is 8.97. The first kappa shape index (κ1) is 20.5. The van der Waals surface area contributed by atoms with Crippen molar-refractivity contribution in [3.8, 4) is 22.9 Å². The molecule has 1 atom stereocenters. The van der Waals surface area contributed by atoms with Crippen molar-refractivity contribution >= 4 is 29.3 Å². The van der Waals surface area contributed by atoms with Crippen LogP contribution in [0.25, 0.3) is 22.9 Å². The summed E-state index contributed by atoms with van der Waals surface area (Å²) >= 11 is 1.28. The third-order valence-corrected chi connectivity index (χ3v) is 5.82. The number of primary amides is 1. The van der Waals surface area contributed by atoms with Gasteiger partial charge in [0.15, 0.2) is 16.7 Å². The summed E-state index contributed by atoms with van der Waals surface area (Å²) in [6.45, 7) is 1.90. The van der Waals surface area contributed by atoms with E-state index in [0.717, 1.165) is 0 Å². The van der Waals surface area contributed by atoms with Gasteiger partial charge in [-0.25, -0.2) is 4.98 Å². The van der Waals surface area contributed by atoms with Crippen LogP contribution in [0.3, 0.4) is 0 Å². The van der Waals surface area contributed by atoms with Gasteiger partial charge in [0.25, 0.3) is 5.91 Å². The van der Waals surface area contributed by atoms with Gasteiger partial charge in [-0.1, -0.05) is 30.8 Å². The maximum atomic E-state index is 12.9. The standard InChI is InChI=1S/C22H20N4O4S/c1-2-17(21(28)24-14-8-4-3-7-13(14)20(23)27)31-22-25-18(15-9-5-11-29-15)19(26-22)16-10-6-12-30-16/h3-12,17H,2H2,1H3,(H2,23,27)(H,24,28)(H,25,26). The molecule has 0 bridgehead atoms. The molecule has 0 radical (unpaired) electrons. The minimum absolute atomic E-state index is 0.253. The molecule has 0 aliphatic rings. The zero-order chi connectivity index (χ0) is 21.8. The monoisotopic (exact) mass is 436 g/mol. The van der Waals surface area contributed by atoms with E-state index in [1.54, 1.807) is 48.9 Å². The molecule has 0 spiro atoms. The Hall–Kier alpha value is -3.72. The molecule has 4 N–H and O–H groups in total. The fraction of sp³-hybridized carbons (Fsp3) is 0.136. The minimum atomic E-state index is -0.603. The van der Waals surface area contributed by atoms with Crippen molar-refractivity contribution < 1.29 is 18.4 Å². The summed E-state index contributed by atoms with van der Waals surface area (Å²) in [5, 5.41) is 2.89. The van der Waals surface area contributed by atoms with Crippen LogP contribution in [-0.4, -0.2) is 27.0 Å². The number of H-pyrrole nitrogens is 1. The molecular formula is C22H20N4O4S. The lowest BCUT2D eigenvalue weighted by Crippen LogP contribution is -2.26. The van der Waals surface area contributed by atoms with E-state index in [9.17, 15) is 9.59 Å². The lowest BCUT2D eigenvalue weighted by Gasteiger charge is -2.14. The summed E-state index contributed by atoms with van der Waals surface area (Å²) in [5.41, 5.74) is 7.30. The van der Waals surface area contributed by atoms with E-state index in [2.05, 4.69) is 15.3 Å². The number of thioether (sulfide) groups is 1. The lowest BCUT2D eigenvalue weighted by molar-refractivity contribution is -0.115. The van der Waals surface area contributed by atoms with E-state index in [1.807, 2.05) is 19.1 Å². The molecule has 8 nitrogen and oxygen atoms in total. The molecule has 0 saturated carbocycles. The molecule has 9 heteroatoms. The number of amides is 2. The summed E-state index contributed by atoms with van der Waals surface area (Å²) < 4.78 is 11.0. The fourth-order valence-electron chi connectivity index (χ4n) is 3.08. The number of benzene rings is 1. The SMILES string of the molecule is CCC(Sc1nc(-c2ccco2)c(-c2ccco2)[nH]1)C(=O)Nc1ccccc1C(N)=O. The molecule has 31 heavy (non-hydrogen) atoms. The number of carbonyl (C=O) groups is 2. The molecule has 3 heterocycles. The van der Waals surface area contributed by atoms with Crippen molar-refractivity contribution in [2.75, 3.05) is 5.32 Å². The summed E-state index contributed by atoms with van der Waals surface area (Å²) in [4.78, 5) is 32.4. The maximum absolute atomic E-state index is 12.9. The van der Waals surface area contributed by atoms with Gasteiger partial charge in [0.05, 0.1) is 29.0 Å². The van der Waals surface area contributed by atoms with Gasteiger partial charge < -0.3 is 24.9 Å². The zero-order valence-electron chi connectivity index (χ0n) is 16.6. The predicted molar refractivity (Wildman–Crippen MR) is 118 cm³/mol. The minimum Gasteiger partial charge on any atom is -0.463 e. The summed E-state index contributed by atoms with van der Waals surface area (Å²) in [6, 6.07) is 13.8. The Morgan fingerprint density at radius 1 is 1.10 bits per heavy atom. The number of aromatic amines is 1.